The quantitative estimate of drug-likeness (QED) is 0.149. The van der Waals surface area contributed by atoms with E-state index in [0.29, 0.717) is 0 Å². The van der Waals surface area contributed by atoms with E-state index in [1.54, 1.807) is 22.6 Å². The van der Waals surface area contributed by atoms with Crippen LogP contribution in [0, 0.1) is 3.57 Å². The van der Waals surface area contributed by atoms with Gasteiger partial charge in [0.15, 0.2) is 6.29 Å². The van der Waals surface area contributed by atoms with Crippen LogP contribution in [0.25, 0.3) is 10.4 Å². The Balaban J connectivity index is 2.08. The average Bonchev–Trinajstić information content (AvgIpc) is 2.59. The van der Waals surface area contributed by atoms with Gasteiger partial charge in [0, 0.05) is 11.5 Å². The third-order valence-corrected chi connectivity index (χ3v) is 4.71. The molecule has 11 nitrogen and oxygen atoms in total. The average molecular weight is 464 g/mol. The summed E-state index contributed by atoms with van der Waals surface area (Å²) in [5.41, 5.74) is 8.48. The summed E-state index contributed by atoms with van der Waals surface area (Å²) in [4.78, 5) is 14.8. The van der Waals surface area contributed by atoms with Crippen molar-refractivity contribution in [2.45, 2.75) is 30.7 Å². The zero-order valence-electron chi connectivity index (χ0n) is 12.5. The summed E-state index contributed by atoms with van der Waals surface area (Å²) in [6.45, 7) is -0.297. The molecule has 0 spiro atoms. The van der Waals surface area contributed by atoms with Crippen LogP contribution < -0.4 is 5.32 Å². The van der Waals surface area contributed by atoms with Crippen LogP contribution in [0.15, 0.2) is 17.2 Å². The highest BCUT2D eigenvalue weighted by Gasteiger charge is 2.42. The molecule has 5 atom stereocenters. The number of hydrogen-bond acceptors (Lipinski definition) is 8. The Bertz CT molecular complexity index is 712. The molecule has 1 heterocycles. The number of phenols is 1. The number of benzene rings is 1. The van der Waals surface area contributed by atoms with Gasteiger partial charge in [-0.2, -0.15) is 0 Å². The number of aliphatic hydroxyl groups excluding tert-OH is 4. The van der Waals surface area contributed by atoms with Gasteiger partial charge in [-0.3, -0.25) is 4.79 Å². The van der Waals surface area contributed by atoms with E-state index in [2.05, 4.69) is 15.3 Å². The molecule has 1 aliphatic rings. The van der Waals surface area contributed by atoms with Crippen molar-refractivity contribution in [1.82, 2.24) is 5.32 Å². The van der Waals surface area contributed by atoms with Crippen LogP contribution in [0.4, 0.5) is 5.69 Å². The second-order valence-electron chi connectivity index (χ2n) is 5.23. The number of aliphatic hydroxyl groups is 4. The van der Waals surface area contributed by atoms with Gasteiger partial charge in [-0.05, 0) is 34.2 Å². The Morgan fingerprint density at radius 3 is 2.60 bits per heavy atom. The van der Waals surface area contributed by atoms with Gasteiger partial charge in [-0.1, -0.05) is 11.2 Å². The molecule has 1 saturated heterocycles. The number of halogens is 1. The maximum absolute atomic E-state index is 12.2. The van der Waals surface area contributed by atoms with Crippen molar-refractivity contribution in [3.63, 3.8) is 0 Å². The fourth-order valence-corrected chi connectivity index (χ4v) is 2.83. The van der Waals surface area contributed by atoms with Gasteiger partial charge in [-0.15, -0.1) is 0 Å². The summed E-state index contributed by atoms with van der Waals surface area (Å²) in [6, 6.07) is 2.61. The number of azide groups is 1. The predicted molar refractivity (Wildman–Crippen MR) is 90.9 cm³/mol. The first kappa shape index (κ1) is 19.7. The Morgan fingerprint density at radius 1 is 1.28 bits per heavy atom. The zero-order valence-corrected chi connectivity index (χ0v) is 14.7. The molecule has 0 saturated carbocycles. The summed E-state index contributed by atoms with van der Waals surface area (Å²) in [5, 5.41) is 54.0. The van der Waals surface area contributed by atoms with Crippen molar-refractivity contribution in [1.29, 1.82) is 0 Å². The van der Waals surface area contributed by atoms with E-state index in [9.17, 15) is 30.3 Å². The molecule has 136 valence electrons. The van der Waals surface area contributed by atoms with Crippen LogP contribution in [-0.2, 0) is 4.74 Å². The van der Waals surface area contributed by atoms with Gasteiger partial charge in [0.05, 0.1) is 14.8 Å². The molecule has 1 fully saturated rings. The van der Waals surface area contributed by atoms with Crippen LogP contribution in [0.5, 0.6) is 5.75 Å². The van der Waals surface area contributed by atoms with Crippen molar-refractivity contribution in [2.75, 3.05) is 6.54 Å². The maximum Gasteiger partial charge on any atom is 0.255 e. The molecule has 1 aromatic carbocycles. The first-order valence-corrected chi connectivity index (χ1v) is 8.08. The van der Waals surface area contributed by atoms with Gasteiger partial charge in [-0.25, -0.2) is 0 Å². The van der Waals surface area contributed by atoms with Crippen LogP contribution in [-0.4, -0.2) is 68.7 Å². The first-order valence-electron chi connectivity index (χ1n) is 7.00. The number of aromatic hydroxyl groups is 1. The number of ether oxygens (including phenoxy) is 1. The van der Waals surface area contributed by atoms with Crippen molar-refractivity contribution in [2.24, 2.45) is 5.11 Å². The third kappa shape index (κ3) is 4.12. The van der Waals surface area contributed by atoms with Gasteiger partial charge < -0.3 is 35.6 Å². The minimum Gasteiger partial charge on any atom is -0.506 e. The Labute approximate surface area is 154 Å². The SMILES string of the molecule is [N-]=[N+]=Nc1ccc(C(=O)NC[C@H]2OC(O)[C@H](O)[C@@H](O)[C@@H]2O)c(O)c1[125I]. The minimum atomic E-state index is -1.71. The normalized spacial score (nSPS) is 28.9. The van der Waals surface area contributed by atoms with E-state index in [4.69, 9.17) is 10.3 Å². The Hall–Kier alpha value is -1.67. The largest absolute Gasteiger partial charge is 0.506 e. The van der Waals surface area contributed by atoms with Gasteiger partial charge in [0.1, 0.15) is 30.2 Å². The fraction of sp³-hybridized carbons (Fsp3) is 0.462. The molecule has 1 unspecified atom stereocenters. The molecule has 6 N–H and O–H groups in total. The summed E-state index contributed by atoms with van der Waals surface area (Å²) < 4.78 is 5.12. The number of nitrogens with one attached hydrogen (secondary N) is 1. The van der Waals surface area contributed by atoms with Crippen LogP contribution >= 0.6 is 22.6 Å². The zero-order chi connectivity index (χ0) is 18.7. The lowest BCUT2D eigenvalue weighted by atomic mass is 9.99. The summed E-state index contributed by atoms with van der Waals surface area (Å²) >= 11 is 1.72. The summed E-state index contributed by atoms with van der Waals surface area (Å²) in [7, 11) is 0. The van der Waals surface area contributed by atoms with Crippen molar-refractivity contribution in [3.8, 4) is 5.75 Å². The summed E-state index contributed by atoms with van der Waals surface area (Å²) in [5.74, 6) is -1.10. The molecule has 0 bridgehead atoms. The van der Waals surface area contributed by atoms with E-state index in [1.807, 2.05) is 0 Å². The number of hydrogen-bond donors (Lipinski definition) is 6. The van der Waals surface area contributed by atoms with E-state index in [-0.39, 0.29) is 27.1 Å². The molecule has 1 aliphatic heterocycles. The predicted octanol–water partition coefficient (Wildman–Crippen LogP) is -0.532. The van der Waals surface area contributed by atoms with Gasteiger partial charge in [0.25, 0.3) is 5.91 Å². The van der Waals surface area contributed by atoms with Gasteiger partial charge in [0.2, 0.25) is 0 Å². The topological polar surface area (TPSA) is 188 Å². The molecule has 2 rings (SSSR count). The number of carbonyl (C=O) groups excluding carboxylic acids is 1. The van der Waals surface area contributed by atoms with Gasteiger partial charge >= 0.3 is 0 Å². The summed E-state index contributed by atoms with van der Waals surface area (Å²) in [6.07, 6.45) is -7.71. The molecular weight excluding hydrogens is 449 g/mol. The molecule has 0 aromatic heterocycles. The second-order valence-corrected chi connectivity index (χ2v) is 6.31. The van der Waals surface area contributed by atoms with Crippen molar-refractivity contribution < 1.29 is 35.1 Å². The van der Waals surface area contributed by atoms with Crippen molar-refractivity contribution in [3.05, 3.63) is 31.7 Å². The molecule has 12 heteroatoms. The number of amides is 1. The molecule has 0 aliphatic carbocycles. The number of nitrogens with zero attached hydrogens (tertiary/aromatic N) is 3. The smallest absolute Gasteiger partial charge is 0.255 e. The number of phenolic OH excluding ortho intramolecular Hbond substituents is 1. The lowest BCUT2D eigenvalue weighted by Gasteiger charge is -2.38. The molecule has 1 aromatic rings. The van der Waals surface area contributed by atoms with Crippen LogP contribution in [0.2, 0.25) is 0 Å². The van der Waals surface area contributed by atoms with E-state index in [1.165, 1.54) is 12.1 Å². The first-order chi connectivity index (χ1) is 11.8. The second kappa shape index (κ2) is 8.14. The lowest BCUT2D eigenvalue weighted by molar-refractivity contribution is -0.279. The highest BCUT2D eigenvalue weighted by atomic mass is 125. The maximum atomic E-state index is 12.2. The number of rotatable bonds is 4. The highest BCUT2D eigenvalue weighted by molar-refractivity contribution is 14.1. The fourth-order valence-electron chi connectivity index (χ4n) is 2.25. The van der Waals surface area contributed by atoms with Crippen LogP contribution in [0.3, 0.4) is 0 Å². The standard InChI is InChI=1S/C13H15IN4O7/c14-7-5(17-18-15)2-1-4(8(7)19)12(23)16-3-6-9(20)10(21)11(22)13(24)25-6/h1-2,6,9-11,13,19-22,24H,3H2,(H,16,23)/t6-,9-,10+,11-,13?/m1/s1/i14-2. The highest BCUT2D eigenvalue weighted by Crippen LogP contribution is 2.33. The number of carbonyl (C=O) groups is 1. The molecule has 1 amide bonds. The van der Waals surface area contributed by atoms with E-state index in [0.717, 1.165) is 0 Å². The Kier molecular flexibility index (Phi) is 6.40. The van der Waals surface area contributed by atoms with Crippen LogP contribution in [0.1, 0.15) is 10.4 Å². The molecular formula is C13H15IN4O7. The minimum absolute atomic E-state index is 0.104. The third-order valence-electron chi connectivity index (χ3n) is 3.64. The Morgan fingerprint density at radius 2 is 1.96 bits per heavy atom. The lowest BCUT2D eigenvalue weighted by Crippen LogP contribution is -2.60. The monoisotopic (exact) mass is 464 g/mol. The van der Waals surface area contributed by atoms with E-state index < -0.39 is 36.6 Å². The molecule has 25 heavy (non-hydrogen) atoms. The molecule has 0 radical (unpaired) electrons. The van der Waals surface area contributed by atoms with E-state index >= 15 is 0 Å². The van der Waals surface area contributed by atoms with Crippen molar-refractivity contribution >= 4 is 34.2 Å².